The maximum absolute atomic E-state index is 4.96. The molecule has 0 aromatic carbocycles. The van der Waals surface area contributed by atoms with E-state index in [0.29, 0.717) is 4.75 Å². The van der Waals surface area contributed by atoms with Crippen molar-refractivity contribution in [3.8, 4) is 0 Å². The molecule has 3 rings (SSSR count). The molecule has 2 saturated carbocycles. The van der Waals surface area contributed by atoms with Crippen LogP contribution in [0, 0.1) is 5.92 Å². The van der Waals surface area contributed by atoms with Crippen molar-refractivity contribution in [1.82, 2.24) is 5.32 Å². The lowest BCUT2D eigenvalue weighted by atomic mass is 9.88. The van der Waals surface area contributed by atoms with Crippen LogP contribution >= 0.6 is 23.5 Å². The second kappa shape index (κ2) is 6.30. The number of nitrogens with zero attached hydrogens (tertiary/aromatic N) is 1. The highest BCUT2D eigenvalue weighted by Crippen LogP contribution is 2.39. The molecule has 1 aliphatic heterocycles. The summed E-state index contributed by atoms with van der Waals surface area (Å²) < 4.78 is 0.444. The van der Waals surface area contributed by atoms with E-state index in [1.54, 1.807) is 0 Å². The van der Waals surface area contributed by atoms with Crippen molar-refractivity contribution in [2.45, 2.75) is 62.2 Å². The molecule has 1 N–H and O–H groups in total. The summed E-state index contributed by atoms with van der Waals surface area (Å²) in [5.74, 6) is 2.20. The van der Waals surface area contributed by atoms with Gasteiger partial charge in [0.2, 0.25) is 0 Å². The number of rotatable bonds is 3. The van der Waals surface area contributed by atoms with Crippen LogP contribution in [-0.2, 0) is 0 Å². The lowest BCUT2D eigenvalue weighted by molar-refractivity contribution is 0.404. The molecule has 2 atom stereocenters. The topological polar surface area (TPSA) is 24.4 Å². The Morgan fingerprint density at radius 3 is 2.89 bits per heavy atom. The monoisotopic (exact) mass is 298 g/mol. The normalized spacial score (nSPS) is 35.9. The van der Waals surface area contributed by atoms with Gasteiger partial charge in [-0.2, -0.15) is 11.8 Å². The van der Waals surface area contributed by atoms with E-state index in [1.165, 1.54) is 62.3 Å². The maximum Gasteiger partial charge on any atom is 0.156 e. The van der Waals surface area contributed by atoms with Gasteiger partial charge >= 0.3 is 0 Å². The Labute approximate surface area is 126 Å². The molecule has 0 radical (unpaired) electrons. The highest BCUT2D eigenvalue weighted by atomic mass is 32.2. The quantitative estimate of drug-likeness (QED) is 0.855. The van der Waals surface area contributed by atoms with Crippen LogP contribution in [0.3, 0.4) is 0 Å². The third-order valence-electron chi connectivity index (χ3n) is 5.11. The van der Waals surface area contributed by atoms with Gasteiger partial charge in [0.15, 0.2) is 5.17 Å². The van der Waals surface area contributed by atoms with E-state index < -0.39 is 0 Å². The van der Waals surface area contributed by atoms with Crippen molar-refractivity contribution >= 4 is 28.7 Å². The molecular formula is C15H26N2S2. The molecular weight excluding hydrogens is 272 g/mol. The van der Waals surface area contributed by atoms with Crippen LogP contribution in [0.2, 0.25) is 0 Å². The summed E-state index contributed by atoms with van der Waals surface area (Å²) in [6.07, 6.45) is 13.4. The number of hydrogen-bond donors (Lipinski definition) is 1. The second-order valence-electron chi connectivity index (χ2n) is 6.32. The van der Waals surface area contributed by atoms with E-state index in [1.807, 2.05) is 11.8 Å². The van der Waals surface area contributed by atoms with E-state index in [-0.39, 0.29) is 0 Å². The largest absolute Gasteiger partial charge is 0.362 e. The number of fused-ring (bicyclic) bond motifs is 1. The lowest BCUT2D eigenvalue weighted by Gasteiger charge is -2.35. The van der Waals surface area contributed by atoms with Gasteiger partial charge in [0.25, 0.3) is 0 Å². The Bertz CT molecular complexity index is 337. The summed E-state index contributed by atoms with van der Waals surface area (Å²) >= 11 is 4.02. The molecule has 19 heavy (non-hydrogen) atoms. The van der Waals surface area contributed by atoms with Crippen molar-refractivity contribution in [3.05, 3.63) is 0 Å². The Balaban J connectivity index is 1.59. The Kier molecular flexibility index (Phi) is 4.68. The first-order valence-corrected chi connectivity index (χ1v) is 10.0. The summed E-state index contributed by atoms with van der Waals surface area (Å²) in [5, 5.41) is 4.94. The summed E-state index contributed by atoms with van der Waals surface area (Å²) in [5.41, 5.74) is 0. The number of hydrogen-bond acceptors (Lipinski definition) is 3. The molecule has 1 heterocycles. The van der Waals surface area contributed by atoms with Crippen LogP contribution in [0.15, 0.2) is 4.99 Å². The molecule has 2 aliphatic carbocycles. The highest BCUT2D eigenvalue weighted by molar-refractivity contribution is 8.13. The standard InChI is InChI=1S/C15H26N2S2/c1-18-15(8-3-2-4-9-15)11-16-14-17-13-7-5-6-12(13)10-19-14/h12-13H,2-11H2,1H3,(H,16,17). The fourth-order valence-corrected chi connectivity index (χ4v) is 5.79. The zero-order chi connectivity index (χ0) is 13.1. The van der Waals surface area contributed by atoms with Crippen molar-refractivity contribution < 1.29 is 0 Å². The summed E-state index contributed by atoms with van der Waals surface area (Å²) in [6.45, 7) is 1.03. The number of amidine groups is 1. The van der Waals surface area contributed by atoms with Gasteiger partial charge in [-0.25, -0.2) is 0 Å². The van der Waals surface area contributed by atoms with Crippen LogP contribution in [0.25, 0.3) is 0 Å². The molecule has 0 amide bonds. The third kappa shape index (κ3) is 3.26. The Morgan fingerprint density at radius 2 is 2.11 bits per heavy atom. The number of aliphatic imine (C=N–C) groups is 1. The van der Waals surface area contributed by atoms with Crippen molar-refractivity contribution in [1.29, 1.82) is 0 Å². The van der Waals surface area contributed by atoms with E-state index in [4.69, 9.17) is 4.99 Å². The molecule has 2 unspecified atom stereocenters. The van der Waals surface area contributed by atoms with Crippen LogP contribution in [-0.4, -0.2) is 34.5 Å². The van der Waals surface area contributed by atoms with Gasteiger partial charge in [0.05, 0.1) is 6.54 Å². The molecule has 0 spiro atoms. The Morgan fingerprint density at radius 1 is 1.26 bits per heavy atom. The zero-order valence-electron chi connectivity index (χ0n) is 12.0. The van der Waals surface area contributed by atoms with Gasteiger partial charge in [-0.3, -0.25) is 4.99 Å². The molecule has 3 aliphatic rings. The summed E-state index contributed by atoms with van der Waals surface area (Å²) in [7, 11) is 0. The average molecular weight is 299 g/mol. The van der Waals surface area contributed by atoms with Gasteiger partial charge in [-0.05, 0) is 37.9 Å². The fraction of sp³-hybridized carbons (Fsp3) is 0.933. The van der Waals surface area contributed by atoms with Crippen molar-refractivity contribution in [3.63, 3.8) is 0 Å². The lowest BCUT2D eigenvalue weighted by Crippen LogP contribution is -2.42. The minimum Gasteiger partial charge on any atom is -0.362 e. The van der Waals surface area contributed by atoms with Gasteiger partial charge in [0, 0.05) is 16.5 Å². The smallest absolute Gasteiger partial charge is 0.156 e. The molecule has 0 bridgehead atoms. The molecule has 4 heteroatoms. The maximum atomic E-state index is 4.96. The number of nitrogens with one attached hydrogen (secondary N) is 1. The molecule has 0 aromatic heterocycles. The van der Waals surface area contributed by atoms with E-state index in [9.17, 15) is 0 Å². The van der Waals surface area contributed by atoms with Crippen LogP contribution in [0.5, 0.6) is 0 Å². The molecule has 108 valence electrons. The van der Waals surface area contributed by atoms with Gasteiger partial charge in [-0.15, -0.1) is 0 Å². The van der Waals surface area contributed by atoms with Gasteiger partial charge in [-0.1, -0.05) is 37.4 Å². The minimum absolute atomic E-state index is 0.444. The fourth-order valence-electron chi connectivity index (χ4n) is 3.74. The van der Waals surface area contributed by atoms with E-state index in [2.05, 4.69) is 23.3 Å². The first-order valence-electron chi connectivity index (χ1n) is 7.80. The minimum atomic E-state index is 0.444. The van der Waals surface area contributed by atoms with E-state index in [0.717, 1.165) is 18.5 Å². The summed E-state index contributed by atoms with van der Waals surface area (Å²) in [4.78, 5) is 4.96. The van der Waals surface area contributed by atoms with E-state index >= 15 is 0 Å². The first kappa shape index (κ1) is 14.1. The molecule has 0 aromatic rings. The van der Waals surface area contributed by atoms with Gasteiger partial charge in [0.1, 0.15) is 0 Å². The SMILES string of the molecule is CSC1(CN=C2NC3CCCC3CS2)CCCCC1. The predicted octanol–water partition coefficient (Wildman–Crippen LogP) is 3.91. The number of thioether (sulfide) groups is 2. The summed E-state index contributed by atoms with van der Waals surface area (Å²) in [6, 6.07) is 0.733. The predicted molar refractivity (Wildman–Crippen MR) is 88.4 cm³/mol. The van der Waals surface area contributed by atoms with Crippen LogP contribution < -0.4 is 5.32 Å². The van der Waals surface area contributed by atoms with Gasteiger partial charge < -0.3 is 5.32 Å². The molecule has 1 saturated heterocycles. The van der Waals surface area contributed by atoms with Crippen molar-refractivity contribution in [2.24, 2.45) is 10.9 Å². The average Bonchev–Trinajstić information content (AvgIpc) is 2.93. The van der Waals surface area contributed by atoms with Crippen LogP contribution in [0.1, 0.15) is 51.4 Å². The van der Waals surface area contributed by atoms with Crippen molar-refractivity contribution in [2.75, 3.05) is 18.6 Å². The second-order valence-corrected chi connectivity index (χ2v) is 8.60. The molecule has 3 fully saturated rings. The molecule has 2 nitrogen and oxygen atoms in total. The van der Waals surface area contributed by atoms with Crippen LogP contribution in [0.4, 0.5) is 0 Å². The highest BCUT2D eigenvalue weighted by Gasteiger charge is 2.34. The third-order valence-corrected chi connectivity index (χ3v) is 7.63. The first-order chi connectivity index (χ1) is 9.31. The Hall–Kier alpha value is 0.170. The zero-order valence-corrected chi connectivity index (χ0v) is 13.6.